The van der Waals surface area contributed by atoms with Gasteiger partial charge in [-0.1, -0.05) is 141 Å². The molecule has 10 N–H and O–H groups in total. The molecule has 0 saturated carbocycles. The second-order valence-corrected chi connectivity index (χ2v) is 18.1. The van der Waals surface area contributed by atoms with Gasteiger partial charge in [0.2, 0.25) is 23.6 Å². The summed E-state index contributed by atoms with van der Waals surface area (Å²) in [6.45, 7) is 7.43. The highest BCUT2D eigenvalue weighted by Crippen LogP contribution is 2.12. The van der Waals surface area contributed by atoms with E-state index >= 15 is 0 Å². The van der Waals surface area contributed by atoms with Crippen molar-refractivity contribution >= 4 is 23.6 Å². The van der Waals surface area contributed by atoms with Gasteiger partial charge in [0.25, 0.3) is 0 Å². The number of nitrogens with zero attached hydrogens (tertiary/aromatic N) is 2. The molecule has 0 aromatic heterocycles. The molecule has 0 radical (unpaired) electrons. The quantitative estimate of drug-likeness (QED) is 0.0256. The van der Waals surface area contributed by atoms with Crippen LogP contribution in [0.1, 0.15) is 219 Å². The van der Waals surface area contributed by atoms with Crippen LogP contribution in [0.5, 0.6) is 0 Å². The molecule has 12 heteroatoms. The third-order valence-corrected chi connectivity index (χ3v) is 12.1. The highest BCUT2D eigenvalue weighted by molar-refractivity contribution is 5.82. The molecule has 0 spiro atoms. The Bertz CT molecular complexity index is 1080. The number of nitrogens with one attached hydrogen (secondary N) is 2. The first-order chi connectivity index (χ1) is 31.2. The summed E-state index contributed by atoms with van der Waals surface area (Å²) in [6, 6.07) is -1.58. The van der Waals surface area contributed by atoms with Crippen LogP contribution in [0, 0.1) is 0 Å². The van der Waals surface area contributed by atoms with Gasteiger partial charge in [0.1, 0.15) is 0 Å². The molecule has 0 aliphatic rings. The van der Waals surface area contributed by atoms with Crippen LogP contribution in [0.25, 0.3) is 0 Å². The Kier molecular flexibility index (Phi) is 44.7. The van der Waals surface area contributed by atoms with Crippen LogP contribution in [0.2, 0.25) is 0 Å². The molecule has 374 valence electrons. The topological polar surface area (TPSA) is 203 Å². The molecule has 64 heavy (non-hydrogen) atoms. The van der Waals surface area contributed by atoms with E-state index in [1.54, 1.807) is 9.80 Å². The van der Waals surface area contributed by atoms with Gasteiger partial charge in [-0.05, 0) is 89.9 Å². The van der Waals surface area contributed by atoms with E-state index in [0.717, 1.165) is 51.4 Å². The van der Waals surface area contributed by atoms with Gasteiger partial charge in [-0.25, -0.2) is 0 Å². The third kappa shape index (κ3) is 38.5. The van der Waals surface area contributed by atoms with Crippen molar-refractivity contribution in [2.24, 2.45) is 22.9 Å². The fraction of sp³-hybridized carbons (Fsp3) is 0.846. The molecule has 0 aromatic rings. The predicted molar refractivity (Wildman–Crippen MR) is 271 cm³/mol. The monoisotopic (exact) mass is 903 g/mol. The second kappa shape index (κ2) is 46.7. The van der Waals surface area contributed by atoms with Gasteiger partial charge >= 0.3 is 0 Å². The van der Waals surface area contributed by atoms with E-state index in [4.69, 9.17) is 22.9 Å². The van der Waals surface area contributed by atoms with Gasteiger partial charge in [-0.3, -0.25) is 19.2 Å². The van der Waals surface area contributed by atoms with Crippen molar-refractivity contribution < 1.29 is 19.2 Å². The van der Waals surface area contributed by atoms with Crippen LogP contribution < -0.4 is 33.6 Å². The lowest BCUT2D eigenvalue weighted by Crippen LogP contribution is -2.49. The number of amides is 4. The molecule has 0 fully saturated rings. The van der Waals surface area contributed by atoms with Crippen molar-refractivity contribution in [1.82, 2.24) is 20.4 Å². The molecule has 2 atom stereocenters. The zero-order chi connectivity index (χ0) is 47.1. The smallest absolute Gasteiger partial charge is 0.240 e. The minimum atomic E-state index is -0.788. The Morgan fingerprint density at radius 1 is 0.406 bits per heavy atom. The van der Waals surface area contributed by atoms with Crippen LogP contribution in [-0.4, -0.2) is 97.9 Å². The number of hydrogen-bond acceptors (Lipinski definition) is 8. The number of unbranched alkanes of at least 4 members (excludes halogenated alkanes) is 23. The molecule has 0 unspecified atom stereocenters. The lowest BCUT2D eigenvalue weighted by atomic mass is 10.1. The van der Waals surface area contributed by atoms with Gasteiger partial charge < -0.3 is 43.4 Å². The Hall–Kier alpha value is -2.80. The molecule has 12 nitrogen and oxygen atoms in total. The van der Waals surface area contributed by atoms with Crippen LogP contribution in [0.4, 0.5) is 0 Å². The summed E-state index contributed by atoms with van der Waals surface area (Å²) in [6.07, 6.45) is 44.8. The maximum atomic E-state index is 13.1. The summed E-state index contributed by atoms with van der Waals surface area (Å²) in [5.74, 6) is -0.323. The predicted octanol–water partition coefficient (Wildman–Crippen LogP) is 9.08. The van der Waals surface area contributed by atoms with Crippen molar-refractivity contribution in [2.75, 3.05) is 52.4 Å². The summed E-state index contributed by atoms with van der Waals surface area (Å²) in [7, 11) is 0. The van der Waals surface area contributed by atoms with E-state index in [1.165, 1.54) is 116 Å². The molecular weight excluding hydrogens is 801 g/mol. The first kappa shape index (κ1) is 61.2. The SMILES string of the molecule is CCCCCCCC/C=C\CCCCCCCC(=O)NCCCN(CCCCN(CCCNC(=O)CCCCCCC/C=C\CCCCCCCC)C(=O)[C@@H](N)CN)C(=O)[C@@H](N)CN. The van der Waals surface area contributed by atoms with Crippen molar-refractivity contribution in [3.63, 3.8) is 0 Å². The molecule has 0 aromatic carbocycles. The van der Waals surface area contributed by atoms with E-state index in [9.17, 15) is 19.2 Å². The number of carbonyl (C=O) groups is 4. The third-order valence-electron chi connectivity index (χ3n) is 12.1. The Balaban J connectivity index is 4.35. The molecular formula is C52H102N8O4. The minimum absolute atomic E-state index is 0.0487. The van der Waals surface area contributed by atoms with Gasteiger partial charge in [0.15, 0.2) is 0 Å². The Morgan fingerprint density at radius 2 is 0.688 bits per heavy atom. The maximum Gasteiger partial charge on any atom is 0.240 e. The number of nitrogens with two attached hydrogens (primary N) is 4. The average molecular weight is 903 g/mol. The first-order valence-corrected chi connectivity index (χ1v) is 26.5. The largest absolute Gasteiger partial charge is 0.356 e. The van der Waals surface area contributed by atoms with Gasteiger partial charge in [0.05, 0.1) is 12.1 Å². The fourth-order valence-electron chi connectivity index (χ4n) is 7.83. The molecule has 0 rings (SSSR count). The second-order valence-electron chi connectivity index (χ2n) is 18.1. The standard InChI is InChI=1S/C52H102N8O4/c1-3-5-7-9-11-13-15-17-19-21-23-25-27-29-31-37-49(61)57-39-35-43-59(51(63)47(55)45-53)41-33-34-42-60(52(64)48(56)46-54)44-36-40-58-50(62)38-32-30-28-26-24-22-20-18-16-14-12-10-8-6-4-2/h17-20,47-48H,3-16,21-46,53-56H2,1-2H3,(H,57,61)(H,58,62)/b19-17-,20-18-/t47-,48-/m0/s1. The summed E-state index contributed by atoms with van der Waals surface area (Å²) < 4.78 is 0. The van der Waals surface area contributed by atoms with Crippen LogP contribution in [0.15, 0.2) is 24.3 Å². The fourth-order valence-corrected chi connectivity index (χ4v) is 7.83. The number of hydrogen-bond donors (Lipinski definition) is 6. The molecule has 0 saturated heterocycles. The van der Waals surface area contributed by atoms with Gasteiger partial charge in [0, 0.05) is 65.2 Å². The highest BCUT2D eigenvalue weighted by Gasteiger charge is 2.22. The Labute approximate surface area is 393 Å². The number of carbonyl (C=O) groups excluding carboxylic acids is 4. The first-order valence-electron chi connectivity index (χ1n) is 26.5. The van der Waals surface area contributed by atoms with E-state index in [1.807, 2.05) is 0 Å². The van der Waals surface area contributed by atoms with Crippen molar-refractivity contribution in [1.29, 1.82) is 0 Å². The molecule has 0 bridgehead atoms. The highest BCUT2D eigenvalue weighted by atomic mass is 16.2. The van der Waals surface area contributed by atoms with Crippen molar-refractivity contribution in [2.45, 2.75) is 231 Å². The maximum absolute atomic E-state index is 13.1. The van der Waals surface area contributed by atoms with Crippen molar-refractivity contribution in [3.05, 3.63) is 24.3 Å². The van der Waals surface area contributed by atoms with Gasteiger partial charge in [-0.15, -0.1) is 0 Å². The minimum Gasteiger partial charge on any atom is -0.356 e. The zero-order valence-corrected chi connectivity index (χ0v) is 41.6. The van der Waals surface area contributed by atoms with Crippen LogP contribution in [-0.2, 0) is 19.2 Å². The molecule has 0 aliphatic heterocycles. The summed E-state index contributed by atoms with van der Waals surface area (Å²) in [5, 5.41) is 6.01. The van der Waals surface area contributed by atoms with Crippen molar-refractivity contribution in [3.8, 4) is 0 Å². The lowest BCUT2D eigenvalue weighted by Gasteiger charge is -2.27. The molecule has 0 aliphatic carbocycles. The van der Waals surface area contributed by atoms with Crippen LogP contribution >= 0.6 is 0 Å². The van der Waals surface area contributed by atoms with E-state index in [-0.39, 0.29) is 36.7 Å². The lowest BCUT2D eigenvalue weighted by molar-refractivity contribution is -0.134. The van der Waals surface area contributed by atoms with E-state index in [0.29, 0.717) is 77.8 Å². The molecule has 0 heterocycles. The number of allylic oxidation sites excluding steroid dienone is 4. The summed E-state index contributed by atoms with van der Waals surface area (Å²) in [4.78, 5) is 54.5. The average Bonchev–Trinajstić information content (AvgIpc) is 3.30. The zero-order valence-electron chi connectivity index (χ0n) is 41.6. The van der Waals surface area contributed by atoms with Gasteiger partial charge in [-0.2, -0.15) is 0 Å². The normalized spacial score (nSPS) is 12.5. The van der Waals surface area contributed by atoms with E-state index < -0.39 is 12.1 Å². The summed E-state index contributed by atoms with van der Waals surface area (Å²) in [5.41, 5.74) is 23.5. The number of rotatable bonds is 47. The van der Waals surface area contributed by atoms with E-state index in [2.05, 4.69) is 48.8 Å². The summed E-state index contributed by atoms with van der Waals surface area (Å²) >= 11 is 0. The Morgan fingerprint density at radius 3 is 1.00 bits per heavy atom. The molecule has 4 amide bonds. The van der Waals surface area contributed by atoms with Crippen LogP contribution in [0.3, 0.4) is 0 Å².